The smallest absolute Gasteiger partial charge is 0.343 e. The van der Waals surface area contributed by atoms with Crippen LogP contribution >= 0.6 is 0 Å². The van der Waals surface area contributed by atoms with Gasteiger partial charge in [-0.25, -0.2) is 4.79 Å². The lowest BCUT2D eigenvalue weighted by atomic mass is 9.84. The summed E-state index contributed by atoms with van der Waals surface area (Å²) in [6.07, 6.45) is 3.76. The van der Waals surface area contributed by atoms with Crippen LogP contribution in [0.1, 0.15) is 79.4 Å². The fourth-order valence-corrected chi connectivity index (χ4v) is 7.11. The second-order valence-electron chi connectivity index (χ2n) is 15.3. The number of carbonyl (C=O) groups is 1. The van der Waals surface area contributed by atoms with Crippen LogP contribution in [0.3, 0.4) is 0 Å². The second kappa shape index (κ2) is 18.7. The summed E-state index contributed by atoms with van der Waals surface area (Å²) in [6, 6.07) is 26.6. The fraction of sp³-hybridized carbons (Fsp3) is 0.457. The average molecular weight is 767 g/mol. The molecule has 0 bridgehead atoms. The Bertz CT molecular complexity index is 1870. The molecule has 4 aromatic carbocycles. The van der Waals surface area contributed by atoms with Crippen LogP contribution in [0.4, 0.5) is 0 Å². The molecule has 1 aliphatic carbocycles. The number of benzene rings is 4. The highest BCUT2D eigenvalue weighted by atomic mass is 17.2. The van der Waals surface area contributed by atoms with Crippen LogP contribution in [0.2, 0.25) is 0 Å². The minimum Gasteiger partial charge on any atom is -0.494 e. The maximum Gasteiger partial charge on any atom is 0.343 e. The van der Waals surface area contributed by atoms with Gasteiger partial charge in [0, 0.05) is 42.8 Å². The molecular formula is C46H54O10. The molecule has 4 aromatic rings. The lowest BCUT2D eigenvalue weighted by Crippen LogP contribution is -2.45. The Balaban J connectivity index is 0.816. The van der Waals surface area contributed by atoms with Gasteiger partial charge in [0.2, 0.25) is 0 Å². The van der Waals surface area contributed by atoms with Gasteiger partial charge in [0.05, 0.1) is 58.4 Å². The van der Waals surface area contributed by atoms with E-state index in [1.165, 1.54) is 0 Å². The third kappa shape index (κ3) is 9.73. The molecule has 2 saturated heterocycles. The number of carbonyl (C=O) groups excluding carboxylic acids is 1. The number of ether oxygens (including phenoxy) is 7. The Morgan fingerprint density at radius 2 is 1.14 bits per heavy atom. The zero-order chi connectivity index (χ0) is 38.8. The van der Waals surface area contributed by atoms with Gasteiger partial charge in [0.15, 0.2) is 5.75 Å². The molecule has 0 radical (unpaired) electrons. The van der Waals surface area contributed by atoms with E-state index in [4.69, 9.17) is 42.9 Å². The van der Waals surface area contributed by atoms with Gasteiger partial charge in [-0.2, -0.15) is 4.89 Å². The highest BCUT2D eigenvalue weighted by molar-refractivity contribution is 5.91. The number of fused-ring (bicyclic) bond motifs is 3. The van der Waals surface area contributed by atoms with Crippen LogP contribution < -0.4 is 19.1 Å². The van der Waals surface area contributed by atoms with Crippen molar-refractivity contribution in [2.24, 2.45) is 10.8 Å². The first-order valence-electron chi connectivity index (χ1n) is 19.9. The van der Waals surface area contributed by atoms with Crippen LogP contribution in [-0.4, -0.2) is 72.0 Å². The summed E-state index contributed by atoms with van der Waals surface area (Å²) in [7, 11) is 0. The van der Waals surface area contributed by atoms with Crippen LogP contribution in [0.5, 0.6) is 23.0 Å². The van der Waals surface area contributed by atoms with Gasteiger partial charge in [-0.15, -0.1) is 0 Å². The molecule has 2 aliphatic heterocycles. The summed E-state index contributed by atoms with van der Waals surface area (Å²) in [4.78, 5) is 24.4. The van der Waals surface area contributed by atoms with Gasteiger partial charge in [0.1, 0.15) is 23.9 Å². The van der Waals surface area contributed by atoms with E-state index < -0.39 is 5.97 Å². The fourth-order valence-electron chi connectivity index (χ4n) is 7.11. The molecule has 0 saturated carbocycles. The maximum absolute atomic E-state index is 13.0. The van der Waals surface area contributed by atoms with Gasteiger partial charge in [-0.1, -0.05) is 45.0 Å². The van der Waals surface area contributed by atoms with E-state index in [2.05, 4.69) is 20.8 Å². The summed E-state index contributed by atoms with van der Waals surface area (Å²) in [5.74, 6) is 2.28. The first-order valence-corrected chi connectivity index (χ1v) is 19.9. The molecule has 0 N–H and O–H groups in total. The third-order valence-corrected chi connectivity index (χ3v) is 11.2. The van der Waals surface area contributed by atoms with Gasteiger partial charge in [-0.3, -0.25) is 0 Å². The monoisotopic (exact) mass is 766 g/mol. The maximum atomic E-state index is 13.0. The summed E-state index contributed by atoms with van der Waals surface area (Å²) in [6.45, 7) is 13.9. The quantitative estimate of drug-likeness (QED) is 0.0253. The topological polar surface area (TPSA) is 100 Å². The van der Waals surface area contributed by atoms with Crippen LogP contribution in [0.15, 0.2) is 84.9 Å². The summed E-state index contributed by atoms with van der Waals surface area (Å²) in [5, 5.41) is 0. The van der Waals surface area contributed by atoms with Crippen molar-refractivity contribution in [2.45, 2.75) is 59.0 Å². The Kier molecular flexibility index (Phi) is 13.3. The van der Waals surface area contributed by atoms with E-state index in [-0.39, 0.29) is 16.7 Å². The Morgan fingerprint density at radius 3 is 1.66 bits per heavy atom. The number of hydrogen-bond donors (Lipinski definition) is 0. The standard InChI is InChI=1S/C46H54O10/c1-4-45(29-50-30-45)27-48-20-6-22-52-36-12-8-34(9-13-36)26-54-56-39-17-19-41-40-18-16-38(24-42(40)33(3)43(41)25-39)55-44(47)35-10-14-37(15-11-35)53-23-7-21-49-28-46(5-2)31-51-32-46/h8-19,24-25,33H,4-7,20-23,26-32H2,1-3H3. The van der Waals surface area contributed by atoms with E-state index >= 15 is 0 Å². The minimum absolute atomic E-state index is 0.0773. The molecule has 2 fully saturated rings. The Hall–Kier alpha value is -4.45. The third-order valence-electron chi connectivity index (χ3n) is 11.2. The van der Waals surface area contributed by atoms with E-state index in [9.17, 15) is 4.79 Å². The first-order chi connectivity index (χ1) is 27.4. The number of hydrogen-bond acceptors (Lipinski definition) is 10. The molecule has 1 atom stereocenters. The van der Waals surface area contributed by atoms with E-state index in [0.29, 0.717) is 55.8 Å². The normalized spacial score (nSPS) is 17.2. The molecule has 0 spiro atoms. The van der Waals surface area contributed by atoms with Gasteiger partial charge in [-0.05, 0) is 101 Å². The Morgan fingerprint density at radius 1 is 0.643 bits per heavy atom. The van der Waals surface area contributed by atoms with Gasteiger partial charge < -0.3 is 38.0 Å². The lowest BCUT2D eigenvalue weighted by molar-refractivity contribution is -0.217. The summed E-state index contributed by atoms with van der Waals surface area (Å²) < 4.78 is 40.0. The molecule has 56 heavy (non-hydrogen) atoms. The Labute approximate surface area is 330 Å². The SMILES string of the molecule is CCC1(COCCCOc2ccc(COOc3ccc4c(c3)C(C)c3cc(OC(=O)c5ccc(OCCCOCC6(CC)COC6)cc5)ccc3-4)cc2)COC1. The van der Waals surface area contributed by atoms with Crippen LogP contribution in [-0.2, 0) is 30.4 Å². The van der Waals surface area contributed by atoms with Crippen molar-refractivity contribution >= 4 is 5.97 Å². The first kappa shape index (κ1) is 39.8. The molecule has 1 unspecified atom stereocenters. The van der Waals surface area contributed by atoms with Crippen LogP contribution in [0.25, 0.3) is 11.1 Å². The molecular weight excluding hydrogens is 712 g/mol. The van der Waals surface area contributed by atoms with Crippen molar-refractivity contribution in [3.63, 3.8) is 0 Å². The van der Waals surface area contributed by atoms with E-state index in [0.717, 1.165) is 98.9 Å². The molecule has 298 valence electrons. The van der Waals surface area contributed by atoms with E-state index in [1.807, 2.05) is 60.7 Å². The number of esters is 1. The summed E-state index contributed by atoms with van der Waals surface area (Å²) >= 11 is 0. The highest BCUT2D eigenvalue weighted by Gasteiger charge is 2.37. The molecule has 7 rings (SSSR count). The molecule has 0 amide bonds. The van der Waals surface area contributed by atoms with Gasteiger partial charge >= 0.3 is 5.97 Å². The predicted molar refractivity (Wildman–Crippen MR) is 212 cm³/mol. The van der Waals surface area contributed by atoms with Crippen LogP contribution in [0, 0.1) is 10.8 Å². The number of rotatable bonds is 22. The van der Waals surface area contributed by atoms with Crippen molar-refractivity contribution < 1.29 is 47.7 Å². The average Bonchev–Trinajstić information content (AvgIpc) is 3.46. The van der Waals surface area contributed by atoms with Crippen molar-refractivity contribution in [3.05, 3.63) is 107 Å². The molecule has 10 nitrogen and oxygen atoms in total. The molecule has 2 heterocycles. The zero-order valence-corrected chi connectivity index (χ0v) is 32.8. The zero-order valence-electron chi connectivity index (χ0n) is 32.8. The second-order valence-corrected chi connectivity index (χ2v) is 15.3. The van der Waals surface area contributed by atoms with Crippen molar-refractivity contribution in [1.82, 2.24) is 0 Å². The molecule has 10 heteroatoms. The summed E-state index contributed by atoms with van der Waals surface area (Å²) in [5.41, 5.74) is 6.27. The largest absolute Gasteiger partial charge is 0.494 e. The van der Waals surface area contributed by atoms with Crippen molar-refractivity contribution in [2.75, 3.05) is 66.1 Å². The van der Waals surface area contributed by atoms with Gasteiger partial charge in [0.25, 0.3) is 0 Å². The van der Waals surface area contributed by atoms with E-state index in [1.54, 1.807) is 24.3 Å². The minimum atomic E-state index is -0.422. The van der Waals surface area contributed by atoms with Crippen molar-refractivity contribution in [3.8, 4) is 34.1 Å². The van der Waals surface area contributed by atoms with Crippen molar-refractivity contribution in [1.29, 1.82) is 0 Å². The predicted octanol–water partition coefficient (Wildman–Crippen LogP) is 8.97. The molecule has 3 aliphatic rings. The molecule has 0 aromatic heterocycles. The lowest BCUT2D eigenvalue weighted by Gasteiger charge is -2.40. The highest BCUT2D eigenvalue weighted by Crippen LogP contribution is 2.47.